The zero-order valence-electron chi connectivity index (χ0n) is 37.4. The second-order valence-corrected chi connectivity index (χ2v) is 19.7. The number of rotatable bonds is 27. The van der Waals surface area contributed by atoms with Crippen LogP contribution in [0.4, 0.5) is 0 Å². The van der Waals surface area contributed by atoms with E-state index in [0.717, 1.165) is 114 Å². The Labute approximate surface area is 356 Å². The monoisotopic (exact) mass is 806 g/mol. The first-order chi connectivity index (χ1) is 28.6. The number of nitrogens with zero attached hydrogens (tertiary/aromatic N) is 1. The fraction of sp³-hybridized carbons (Fsp3) is 0.846. The number of carbonyl (C=O) groups excluding carboxylic acids is 2. The molecule has 1 aromatic carbocycles. The highest BCUT2D eigenvalue weighted by molar-refractivity contribution is 5.73. The minimum atomic E-state index is -0.0365. The molecular weight excluding hydrogens is 719 g/mol. The van der Waals surface area contributed by atoms with Gasteiger partial charge in [-0.25, -0.2) is 0 Å². The van der Waals surface area contributed by atoms with Gasteiger partial charge in [-0.05, 0) is 119 Å². The Morgan fingerprint density at radius 3 is 1.69 bits per heavy atom. The quantitative estimate of drug-likeness (QED) is 0.0652. The number of hydrogen-bond acceptors (Lipinski definition) is 6. The van der Waals surface area contributed by atoms with Crippen molar-refractivity contribution in [2.24, 2.45) is 41.4 Å². The second kappa shape index (κ2) is 28.6. The summed E-state index contributed by atoms with van der Waals surface area (Å²) in [5.74, 6) is 3.59. The molecule has 1 aromatic rings. The van der Waals surface area contributed by atoms with Gasteiger partial charge in [0.2, 0.25) is 0 Å². The molecule has 0 saturated heterocycles. The standard InChI is InChI=1S/C52H87NO5/c1-2-3-8-19-43-30-32-50(33-31-43)52(55)58-42-48(41-57-51(54)49-28-15-7-16-29-49)27-18-35-53(36-37-56-40-46-24-13-6-14-25-46)34-17-26-47(38-44-20-9-4-10-21-44)39-45-22-11-5-12-23-45/h6,13-14,24-25,43-45,47-50H,2-5,7-12,15-23,26-42H2,1H3. The van der Waals surface area contributed by atoms with Crippen LogP contribution in [0.5, 0.6) is 0 Å². The summed E-state index contributed by atoms with van der Waals surface area (Å²) in [6, 6.07) is 10.5. The molecule has 58 heavy (non-hydrogen) atoms. The van der Waals surface area contributed by atoms with Crippen molar-refractivity contribution in [3.05, 3.63) is 35.9 Å². The Kier molecular flexibility index (Phi) is 23.2. The molecule has 0 aliphatic heterocycles. The van der Waals surface area contributed by atoms with Crippen molar-refractivity contribution < 1.29 is 23.8 Å². The van der Waals surface area contributed by atoms with E-state index in [1.54, 1.807) is 0 Å². The maximum Gasteiger partial charge on any atom is 0.308 e. The molecule has 6 heteroatoms. The molecule has 4 aliphatic rings. The second-order valence-electron chi connectivity index (χ2n) is 19.7. The maximum atomic E-state index is 13.4. The summed E-state index contributed by atoms with van der Waals surface area (Å²) in [6.45, 7) is 7.40. The van der Waals surface area contributed by atoms with Gasteiger partial charge >= 0.3 is 11.9 Å². The first-order valence-electron chi connectivity index (χ1n) is 25.2. The molecule has 0 bridgehead atoms. The van der Waals surface area contributed by atoms with Crippen molar-refractivity contribution in [1.29, 1.82) is 0 Å². The molecule has 4 saturated carbocycles. The smallest absolute Gasteiger partial charge is 0.308 e. The van der Waals surface area contributed by atoms with Gasteiger partial charge in [0.15, 0.2) is 0 Å². The predicted octanol–water partition coefficient (Wildman–Crippen LogP) is 13.3. The van der Waals surface area contributed by atoms with Crippen LogP contribution in [0.25, 0.3) is 0 Å². The lowest BCUT2D eigenvalue weighted by molar-refractivity contribution is -0.155. The number of esters is 2. The van der Waals surface area contributed by atoms with E-state index in [2.05, 4.69) is 42.2 Å². The van der Waals surface area contributed by atoms with Crippen molar-refractivity contribution in [1.82, 2.24) is 4.90 Å². The summed E-state index contributed by atoms with van der Waals surface area (Å²) in [5.41, 5.74) is 1.22. The third kappa shape index (κ3) is 18.8. The summed E-state index contributed by atoms with van der Waals surface area (Å²) in [5, 5.41) is 0. The molecule has 4 fully saturated rings. The number of benzene rings is 1. The van der Waals surface area contributed by atoms with Gasteiger partial charge in [0.25, 0.3) is 0 Å². The molecular formula is C52H87NO5. The first-order valence-corrected chi connectivity index (χ1v) is 25.2. The molecule has 6 nitrogen and oxygen atoms in total. The largest absolute Gasteiger partial charge is 0.465 e. The van der Waals surface area contributed by atoms with E-state index in [0.29, 0.717) is 19.8 Å². The van der Waals surface area contributed by atoms with Crippen molar-refractivity contribution >= 4 is 11.9 Å². The van der Waals surface area contributed by atoms with Crippen LogP contribution in [-0.2, 0) is 30.4 Å². The topological polar surface area (TPSA) is 65.1 Å². The summed E-state index contributed by atoms with van der Waals surface area (Å²) < 4.78 is 18.3. The van der Waals surface area contributed by atoms with E-state index in [-0.39, 0.29) is 29.7 Å². The molecule has 0 amide bonds. The van der Waals surface area contributed by atoms with E-state index in [1.165, 1.54) is 128 Å². The first kappa shape index (κ1) is 47.1. The summed E-state index contributed by atoms with van der Waals surface area (Å²) in [6.07, 6.45) is 36.7. The Balaban J connectivity index is 1.13. The molecule has 5 rings (SSSR count). The number of carbonyl (C=O) groups is 2. The highest BCUT2D eigenvalue weighted by atomic mass is 16.5. The van der Waals surface area contributed by atoms with Crippen LogP contribution in [0.15, 0.2) is 30.3 Å². The molecule has 0 heterocycles. The summed E-state index contributed by atoms with van der Waals surface area (Å²) in [4.78, 5) is 29.1. The highest BCUT2D eigenvalue weighted by Gasteiger charge is 2.29. The zero-order chi connectivity index (χ0) is 40.5. The van der Waals surface area contributed by atoms with Gasteiger partial charge in [0, 0.05) is 12.5 Å². The fourth-order valence-electron chi connectivity index (χ4n) is 11.2. The normalized spacial score (nSPS) is 22.0. The van der Waals surface area contributed by atoms with Crippen LogP contribution >= 0.6 is 0 Å². The highest BCUT2D eigenvalue weighted by Crippen LogP contribution is 2.37. The molecule has 0 N–H and O–H groups in total. The molecule has 4 aliphatic carbocycles. The lowest BCUT2D eigenvalue weighted by atomic mass is 9.76. The number of unbranched alkanes of at least 4 members (excludes halogenated alkanes) is 2. The molecule has 0 aromatic heterocycles. The minimum absolute atomic E-state index is 0.0242. The molecule has 0 radical (unpaired) electrons. The van der Waals surface area contributed by atoms with E-state index in [1.807, 2.05) is 0 Å². The Morgan fingerprint density at radius 2 is 1.12 bits per heavy atom. The summed E-state index contributed by atoms with van der Waals surface area (Å²) in [7, 11) is 0. The molecule has 1 atom stereocenters. The van der Waals surface area contributed by atoms with E-state index in [9.17, 15) is 9.59 Å². The van der Waals surface area contributed by atoms with Gasteiger partial charge in [-0.15, -0.1) is 0 Å². The van der Waals surface area contributed by atoms with Crippen LogP contribution in [0.3, 0.4) is 0 Å². The molecule has 330 valence electrons. The van der Waals surface area contributed by atoms with Crippen LogP contribution < -0.4 is 0 Å². The van der Waals surface area contributed by atoms with Crippen molar-refractivity contribution in [2.45, 2.75) is 200 Å². The van der Waals surface area contributed by atoms with Crippen LogP contribution in [0, 0.1) is 41.4 Å². The Morgan fingerprint density at radius 1 is 0.586 bits per heavy atom. The van der Waals surface area contributed by atoms with E-state index in [4.69, 9.17) is 14.2 Å². The third-order valence-electron chi connectivity index (χ3n) is 14.9. The third-order valence-corrected chi connectivity index (χ3v) is 14.9. The Bertz CT molecular complexity index is 1180. The van der Waals surface area contributed by atoms with Crippen molar-refractivity contribution in [3.63, 3.8) is 0 Å². The fourth-order valence-corrected chi connectivity index (χ4v) is 11.2. The van der Waals surface area contributed by atoms with Gasteiger partial charge < -0.3 is 19.1 Å². The van der Waals surface area contributed by atoms with Crippen LogP contribution in [0.1, 0.15) is 199 Å². The lowest BCUT2D eigenvalue weighted by Crippen LogP contribution is -2.32. The van der Waals surface area contributed by atoms with Gasteiger partial charge in [0.05, 0.1) is 38.3 Å². The van der Waals surface area contributed by atoms with Gasteiger partial charge in [-0.2, -0.15) is 0 Å². The van der Waals surface area contributed by atoms with Gasteiger partial charge in [-0.3, -0.25) is 9.59 Å². The average molecular weight is 806 g/mol. The maximum absolute atomic E-state index is 13.4. The van der Waals surface area contributed by atoms with Gasteiger partial charge in [-0.1, -0.05) is 146 Å². The van der Waals surface area contributed by atoms with E-state index >= 15 is 0 Å². The predicted molar refractivity (Wildman–Crippen MR) is 238 cm³/mol. The van der Waals surface area contributed by atoms with Crippen molar-refractivity contribution in [3.8, 4) is 0 Å². The van der Waals surface area contributed by atoms with E-state index < -0.39 is 0 Å². The number of ether oxygens (including phenoxy) is 3. The minimum Gasteiger partial charge on any atom is -0.465 e. The van der Waals surface area contributed by atoms with Gasteiger partial charge in [0.1, 0.15) is 0 Å². The Hall–Kier alpha value is -1.92. The molecule has 1 unspecified atom stereocenters. The van der Waals surface area contributed by atoms with Crippen molar-refractivity contribution in [2.75, 3.05) is 39.5 Å². The molecule has 0 spiro atoms. The van der Waals surface area contributed by atoms with Crippen LogP contribution in [-0.4, -0.2) is 56.3 Å². The average Bonchev–Trinajstić information content (AvgIpc) is 3.27. The summed E-state index contributed by atoms with van der Waals surface area (Å²) >= 11 is 0. The van der Waals surface area contributed by atoms with Crippen LogP contribution in [0.2, 0.25) is 0 Å². The zero-order valence-corrected chi connectivity index (χ0v) is 37.4. The lowest BCUT2D eigenvalue weighted by Gasteiger charge is -2.31. The SMILES string of the molecule is CCCCCC1CCC(C(=O)OCC(CCCN(CCCC(CC2CCCCC2)CC2CCCCC2)CCOCc2ccccc2)COC(=O)C2CCCCC2)CC1. The number of hydrogen-bond donors (Lipinski definition) is 0.